The Morgan fingerprint density at radius 3 is 1.00 bits per heavy atom. The zero-order valence-electron chi connectivity index (χ0n) is 39.4. The summed E-state index contributed by atoms with van der Waals surface area (Å²) >= 11 is 0. The van der Waals surface area contributed by atoms with E-state index in [0.29, 0.717) is 22.6 Å². The number of aromatic hydroxyl groups is 2. The largest absolute Gasteiger partial charge is 0.532 e. The number of hydrogen-bond donors (Lipinski definition) is 2. The molecule has 5 heteroatoms. The first-order valence-corrected chi connectivity index (χ1v) is 24.4. The summed E-state index contributed by atoms with van der Waals surface area (Å²) in [6, 6.07) is 57.4. The Balaban J connectivity index is 1.43. The third-order valence-electron chi connectivity index (χ3n) is 12.6. The highest BCUT2D eigenvalue weighted by molar-refractivity contribution is 6.94. The van der Waals surface area contributed by atoms with E-state index in [-0.39, 0.29) is 22.3 Å². The first-order chi connectivity index (χ1) is 31.0. The lowest BCUT2D eigenvalue weighted by atomic mass is 9.82. The zero-order chi connectivity index (χ0) is 46.3. The predicted octanol–water partition coefficient (Wildman–Crippen LogP) is 14.3. The maximum absolute atomic E-state index is 12.4. The average Bonchev–Trinajstić information content (AvgIpc) is 3.27. The van der Waals surface area contributed by atoms with Gasteiger partial charge in [0.05, 0.1) is 0 Å². The summed E-state index contributed by atoms with van der Waals surface area (Å²) in [5.74, 6) is 1.54. The molecular formula is C60H60O4Si. The van der Waals surface area contributed by atoms with Gasteiger partial charge in [-0.2, -0.15) is 0 Å². The van der Waals surface area contributed by atoms with Gasteiger partial charge in [-0.1, -0.05) is 175 Å². The van der Waals surface area contributed by atoms with Gasteiger partial charge in [0, 0.05) is 43.8 Å². The molecule has 0 bridgehead atoms. The fraction of sp³-hybridized carbons (Fsp3) is 0.200. The fourth-order valence-corrected chi connectivity index (χ4v) is 13.2. The number of aryl methyl sites for hydroxylation is 4. The SMILES string of the molecule is Cc1cccc(C)c1[Si](Oc1ccccc1-c1cc(C(C)(C)C)cc(-c2ccccc2)c1O)(Oc1ccccc1-c1cc(C(C)(C)C)cc(-c2ccccc2)c1O)c1c(C)cccc1C. The van der Waals surface area contributed by atoms with Crippen molar-refractivity contribution < 1.29 is 19.1 Å². The highest BCUT2D eigenvalue weighted by atomic mass is 28.4. The molecule has 328 valence electrons. The standard InChI is InChI=1S/C60H60O4Si/c1-39-23-21-24-40(2)57(39)65(58-41(3)25-22-26-42(58)4,63-53-33-19-17-31-47(53)51-37-45(59(5,6)7)35-49(55(51)61)43-27-13-11-14-28-43)64-54-34-20-18-32-48(54)52-38-46(60(8,9)10)36-50(56(52)62)44-29-15-12-16-30-44/h11-38,61-62H,1-10H3. The van der Waals surface area contributed by atoms with Gasteiger partial charge in [0.25, 0.3) is 0 Å². The molecule has 0 saturated carbocycles. The molecule has 0 fully saturated rings. The summed E-state index contributed by atoms with van der Waals surface area (Å²) in [7, 11) is -3.99. The van der Waals surface area contributed by atoms with Crippen molar-refractivity contribution in [3.05, 3.63) is 203 Å². The van der Waals surface area contributed by atoms with E-state index in [1.807, 2.05) is 109 Å². The minimum atomic E-state index is -3.99. The van der Waals surface area contributed by atoms with Crippen LogP contribution in [0.5, 0.6) is 23.0 Å². The molecule has 0 radical (unpaired) electrons. The molecule has 0 spiro atoms. The average molecular weight is 873 g/mol. The maximum Gasteiger partial charge on any atom is 0.532 e. The summed E-state index contributed by atoms with van der Waals surface area (Å²) < 4.78 is 15.9. The summed E-state index contributed by atoms with van der Waals surface area (Å²) in [5, 5.41) is 26.9. The van der Waals surface area contributed by atoms with Crippen molar-refractivity contribution in [2.24, 2.45) is 0 Å². The van der Waals surface area contributed by atoms with E-state index in [2.05, 4.69) is 130 Å². The van der Waals surface area contributed by atoms with Crippen LogP contribution in [0.1, 0.15) is 74.9 Å². The minimum absolute atomic E-state index is 0.182. The number of benzene rings is 8. The molecule has 0 unspecified atom stereocenters. The first kappa shape index (κ1) is 44.8. The maximum atomic E-state index is 12.4. The van der Waals surface area contributed by atoms with Gasteiger partial charge >= 0.3 is 8.56 Å². The number of hydrogen-bond acceptors (Lipinski definition) is 4. The quantitative estimate of drug-likeness (QED) is 0.134. The summed E-state index contributed by atoms with van der Waals surface area (Å²) in [4.78, 5) is 0. The highest BCUT2D eigenvalue weighted by Crippen LogP contribution is 2.47. The Kier molecular flexibility index (Phi) is 12.1. The van der Waals surface area contributed by atoms with Crippen LogP contribution in [0.3, 0.4) is 0 Å². The number of rotatable bonds is 10. The second kappa shape index (κ2) is 17.6. The van der Waals surface area contributed by atoms with Crippen LogP contribution >= 0.6 is 0 Å². The van der Waals surface area contributed by atoms with Gasteiger partial charge in [-0.15, -0.1) is 0 Å². The van der Waals surface area contributed by atoms with Crippen molar-refractivity contribution in [2.45, 2.75) is 80.1 Å². The van der Waals surface area contributed by atoms with E-state index in [0.717, 1.165) is 77.1 Å². The van der Waals surface area contributed by atoms with Crippen LogP contribution in [0, 0.1) is 27.7 Å². The van der Waals surface area contributed by atoms with Crippen molar-refractivity contribution in [3.63, 3.8) is 0 Å². The van der Waals surface area contributed by atoms with Crippen molar-refractivity contribution in [2.75, 3.05) is 0 Å². The minimum Gasteiger partial charge on any atom is -0.507 e. The Hall–Kier alpha value is -6.82. The molecule has 0 aliphatic rings. The molecule has 4 nitrogen and oxygen atoms in total. The lowest BCUT2D eigenvalue weighted by Gasteiger charge is -2.37. The van der Waals surface area contributed by atoms with Crippen LogP contribution < -0.4 is 19.2 Å². The lowest BCUT2D eigenvalue weighted by molar-refractivity contribution is 0.417. The monoisotopic (exact) mass is 872 g/mol. The van der Waals surface area contributed by atoms with Crippen LogP contribution in [-0.4, -0.2) is 18.8 Å². The molecule has 8 aromatic rings. The Labute approximate surface area is 387 Å². The van der Waals surface area contributed by atoms with Gasteiger partial charge in [0.15, 0.2) is 0 Å². The van der Waals surface area contributed by atoms with Crippen molar-refractivity contribution in [1.82, 2.24) is 0 Å². The molecule has 0 atom stereocenters. The summed E-state index contributed by atoms with van der Waals surface area (Å²) in [5.41, 5.74) is 12.1. The molecule has 65 heavy (non-hydrogen) atoms. The van der Waals surface area contributed by atoms with Gasteiger partial charge in [-0.3, -0.25) is 0 Å². The molecule has 0 aromatic heterocycles. The molecular weight excluding hydrogens is 813 g/mol. The van der Waals surface area contributed by atoms with Crippen LogP contribution in [0.15, 0.2) is 170 Å². The van der Waals surface area contributed by atoms with E-state index in [4.69, 9.17) is 8.85 Å². The first-order valence-electron chi connectivity index (χ1n) is 22.5. The molecule has 0 aliphatic heterocycles. The lowest BCUT2D eigenvalue weighted by Crippen LogP contribution is -2.71. The van der Waals surface area contributed by atoms with E-state index in [9.17, 15) is 10.2 Å². The second-order valence-electron chi connectivity index (χ2n) is 19.4. The van der Waals surface area contributed by atoms with Crippen molar-refractivity contribution in [1.29, 1.82) is 0 Å². The molecule has 0 amide bonds. The smallest absolute Gasteiger partial charge is 0.507 e. The number of phenols is 2. The second-order valence-corrected chi connectivity index (χ2v) is 22.1. The van der Waals surface area contributed by atoms with Gasteiger partial charge in [-0.25, -0.2) is 0 Å². The fourth-order valence-electron chi connectivity index (χ4n) is 9.10. The predicted molar refractivity (Wildman–Crippen MR) is 273 cm³/mol. The Morgan fingerprint density at radius 2 is 0.662 bits per heavy atom. The van der Waals surface area contributed by atoms with E-state index < -0.39 is 8.56 Å². The Morgan fingerprint density at radius 1 is 0.354 bits per heavy atom. The third kappa shape index (κ3) is 8.73. The third-order valence-corrected chi connectivity index (χ3v) is 16.5. The number of para-hydroxylation sites is 2. The number of phenolic OH excluding ortho intramolecular Hbond substituents is 2. The topological polar surface area (TPSA) is 58.9 Å². The Bertz CT molecular complexity index is 2760. The van der Waals surface area contributed by atoms with E-state index in [1.54, 1.807) is 0 Å². The van der Waals surface area contributed by atoms with Crippen LogP contribution in [0.25, 0.3) is 44.5 Å². The molecule has 2 N–H and O–H groups in total. The molecule has 8 aromatic carbocycles. The van der Waals surface area contributed by atoms with Crippen molar-refractivity contribution in [3.8, 4) is 67.5 Å². The van der Waals surface area contributed by atoms with Crippen molar-refractivity contribution >= 4 is 18.9 Å². The van der Waals surface area contributed by atoms with Crippen LogP contribution in [-0.2, 0) is 10.8 Å². The summed E-state index contributed by atoms with van der Waals surface area (Å²) in [6.07, 6.45) is 0. The highest BCUT2D eigenvalue weighted by Gasteiger charge is 2.52. The summed E-state index contributed by atoms with van der Waals surface area (Å²) in [6.45, 7) is 21.7. The zero-order valence-corrected chi connectivity index (χ0v) is 40.4. The molecule has 0 aliphatic carbocycles. The molecule has 0 heterocycles. The van der Waals surface area contributed by atoms with Gasteiger partial charge in [-0.05, 0) is 119 Å². The molecule has 8 rings (SSSR count). The van der Waals surface area contributed by atoms with E-state index >= 15 is 0 Å². The van der Waals surface area contributed by atoms with Gasteiger partial charge < -0.3 is 19.1 Å². The molecule has 0 saturated heterocycles. The normalized spacial score (nSPS) is 12.0. The van der Waals surface area contributed by atoms with E-state index in [1.165, 1.54) is 0 Å². The van der Waals surface area contributed by atoms with Crippen LogP contribution in [0.4, 0.5) is 0 Å². The van der Waals surface area contributed by atoms with Crippen LogP contribution in [0.2, 0.25) is 0 Å². The van der Waals surface area contributed by atoms with Gasteiger partial charge in [0.2, 0.25) is 0 Å². The van der Waals surface area contributed by atoms with Gasteiger partial charge in [0.1, 0.15) is 23.0 Å².